The summed E-state index contributed by atoms with van der Waals surface area (Å²) in [4.78, 5) is 19.1. The molecule has 0 spiro atoms. The smallest absolute Gasteiger partial charge is 0.149 e. The summed E-state index contributed by atoms with van der Waals surface area (Å²) < 4.78 is 5.27. The molecule has 8 heterocycles. The van der Waals surface area contributed by atoms with Gasteiger partial charge in [-0.1, -0.05) is 71.1 Å². The third-order valence-electron chi connectivity index (χ3n) is 13.9. The molecule has 3 atom stereocenters. The molecule has 0 N–H and O–H groups in total. The molecule has 9 heteroatoms. The van der Waals surface area contributed by atoms with Crippen LogP contribution < -0.4 is 32.6 Å². The van der Waals surface area contributed by atoms with E-state index in [2.05, 4.69) is 168 Å². The van der Waals surface area contributed by atoms with E-state index in [1.807, 2.05) is 27.9 Å². The van der Waals surface area contributed by atoms with Crippen LogP contribution >= 0.6 is 68.0 Å². The zero-order valence-corrected chi connectivity index (χ0v) is 48.9. The molecule has 0 fully saturated rings. The van der Waals surface area contributed by atoms with E-state index in [-0.39, 0.29) is 0 Å². The first-order valence-corrected chi connectivity index (χ1v) is 43.5. The Morgan fingerprint density at radius 1 is 0.508 bits per heavy atom. The quantitative estimate of drug-likeness (QED) is 0.0630. The van der Waals surface area contributed by atoms with Crippen molar-refractivity contribution in [1.82, 2.24) is 0 Å². The molecule has 0 radical (unpaired) electrons. The van der Waals surface area contributed by atoms with E-state index in [0.717, 1.165) is 11.8 Å². The molecule has 0 amide bonds. The monoisotopic (exact) mass is 1070 g/mol. The van der Waals surface area contributed by atoms with Crippen LogP contribution in [0.5, 0.6) is 0 Å². The predicted molar refractivity (Wildman–Crippen MR) is 294 cm³/mol. The van der Waals surface area contributed by atoms with Gasteiger partial charge < -0.3 is 0 Å². The van der Waals surface area contributed by atoms with E-state index in [9.17, 15) is 0 Å². The Bertz CT molecular complexity index is 2260. The number of hydrogen-bond acceptors (Lipinski definition) is 6. The van der Waals surface area contributed by atoms with E-state index in [1.54, 1.807) is 56.7 Å². The van der Waals surface area contributed by atoms with Gasteiger partial charge in [0.1, 0.15) is 0 Å². The first-order valence-electron chi connectivity index (χ1n) is 24.1. The maximum Gasteiger partial charge on any atom is 0.164 e. The van der Waals surface area contributed by atoms with E-state index >= 15 is 0 Å². The Labute approximate surface area is 401 Å². The topological polar surface area (TPSA) is 0 Å². The molecule has 3 unspecified atom stereocenters. The van der Waals surface area contributed by atoms with E-state index in [4.69, 9.17) is 0 Å². The van der Waals surface area contributed by atoms with Crippen LogP contribution in [0.2, 0.25) is 26.9 Å². The van der Waals surface area contributed by atoms with Crippen LogP contribution in [0.3, 0.4) is 0 Å². The second-order valence-corrected chi connectivity index (χ2v) is 49.6. The Balaban J connectivity index is 0.000000186. The predicted octanol–water partition coefficient (Wildman–Crippen LogP) is 14.6. The molecule has 0 saturated heterocycles. The number of hydrogen-bond donors (Lipinski definition) is 0. The molecule has 2 aliphatic heterocycles. The Kier molecular flexibility index (Phi) is 16.9. The van der Waals surface area contributed by atoms with Crippen molar-refractivity contribution in [2.75, 3.05) is 0 Å². The van der Waals surface area contributed by atoms with Crippen molar-refractivity contribution in [2.24, 2.45) is 11.8 Å². The second kappa shape index (κ2) is 21.4. The zero-order chi connectivity index (χ0) is 43.4. The largest absolute Gasteiger partial charge is 0.164 e. The molecule has 8 rings (SSSR count). The number of unbranched alkanes of at least 4 members (excludes halogenated alkanes) is 4. The average Bonchev–Trinajstić information content (AvgIpc) is 4.10. The summed E-state index contributed by atoms with van der Waals surface area (Å²) >= 11 is 10.4. The number of fused-ring (bicyclic) bond motifs is 6. The van der Waals surface area contributed by atoms with Crippen molar-refractivity contribution >= 4 is 135 Å². The molecule has 0 aliphatic carbocycles. The van der Waals surface area contributed by atoms with Gasteiger partial charge in [-0.25, -0.2) is 0 Å². The number of thiophene rings is 6. The van der Waals surface area contributed by atoms with Gasteiger partial charge in [-0.2, -0.15) is 0 Å². The molecule has 6 aromatic rings. The summed E-state index contributed by atoms with van der Waals surface area (Å²) in [5.74, 6) is 1.70. The molecular formula is C52H74S6Si2Sn. The van der Waals surface area contributed by atoms with Gasteiger partial charge in [0, 0.05) is 19.1 Å². The summed E-state index contributed by atoms with van der Waals surface area (Å²) in [6, 6.07) is 23.3. The summed E-state index contributed by atoms with van der Waals surface area (Å²) in [6.07, 6.45) is 18.6. The van der Waals surface area contributed by atoms with Gasteiger partial charge >= 0.3 is 221 Å². The normalized spacial score (nSPS) is 17.1. The minimum absolute atomic E-state index is 0.846. The van der Waals surface area contributed by atoms with Crippen LogP contribution in [0.4, 0.5) is 0 Å². The summed E-state index contributed by atoms with van der Waals surface area (Å²) in [6.45, 7) is 16.5. The fraction of sp³-hybridized carbons (Fsp3) is 0.538. The Morgan fingerprint density at radius 2 is 0.967 bits per heavy atom. The van der Waals surface area contributed by atoms with Crippen LogP contribution in [0, 0.1) is 18.8 Å². The number of aryl methyl sites for hydroxylation is 3. The summed E-state index contributed by atoms with van der Waals surface area (Å²) in [5, 5.41) is 11.8. The molecule has 6 aromatic heterocycles. The van der Waals surface area contributed by atoms with Crippen LogP contribution in [-0.4, -0.2) is 34.5 Å². The van der Waals surface area contributed by atoms with E-state index in [1.165, 1.54) is 107 Å². The molecule has 0 bridgehead atoms. The maximum absolute atomic E-state index is 2.77. The number of rotatable bonds is 21. The van der Waals surface area contributed by atoms with Gasteiger partial charge in [-0.15, -0.1) is 34.0 Å². The van der Waals surface area contributed by atoms with Crippen LogP contribution in [0.15, 0.2) is 59.3 Å². The van der Waals surface area contributed by atoms with Gasteiger partial charge in [0.05, 0.1) is 0 Å². The summed E-state index contributed by atoms with van der Waals surface area (Å²) in [7, 11) is -3.82. The fourth-order valence-electron chi connectivity index (χ4n) is 10.3. The van der Waals surface area contributed by atoms with Crippen LogP contribution in [-0.2, 0) is 12.8 Å². The Morgan fingerprint density at radius 3 is 1.43 bits per heavy atom. The second-order valence-electron chi connectivity index (χ2n) is 19.3. The molecule has 2 aliphatic rings. The van der Waals surface area contributed by atoms with Crippen molar-refractivity contribution in [2.45, 2.75) is 165 Å². The van der Waals surface area contributed by atoms with E-state index < -0.39 is 34.5 Å². The molecule has 0 nitrogen and oxygen atoms in total. The standard InChI is InChI=1S/C25H33S3Si.C24H32S3Si.3CH3.Sn/c1-5-8-10-19(7-3)17-29(23-13-12-20(28-23)11-9-6-2)21-14-15-26-24(21)25-22(29)16-18(4)27-25;1-4-7-9-18(6-3)17-28(22-12-11-19(27-22)10-8-5-2)20-13-15-25-23(20)24-21(28)14-16-26-24;;;;/h12-14,16,19H,5-11,17H2,1-4H3;11-16,18H,4-10,17H2,1-3H3;3*1H3;. The van der Waals surface area contributed by atoms with Crippen LogP contribution in [0.25, 0.3) is 19.5 Å². The minimum atomic E-state index is -2.13. The third kappa shape index (κ3) is 9.80. The van der Waals surface area contributed by atoms with Gasteiger partial charge in [0.25, 0.3) is 0 Å². The first-order chi connectivity index (χ1) is 29.5. The van der Waals surface area contributed by atoms with Crippen molar-refractivity contribution in [3.8, 4) is 19.5 Å². The van der Waals surface area contributed by atoms with Crippen molar-refractivity contribution in [1.29, 1.82) is 0 Å². The molecule has 0 aromatic carbocycles. The van der Waals surface area contributed by atoms with Crippen molar-refractivity contribution < 1.29 is 0 Å². The van der Waals surface area contributed by atoms with Crippen LogP contribution in [0.1, 0.15) is 133 Å². The maximum atomic E-state index is 2.77. The molecular weight excluding hydrogens is 992 g/mol. The molecule has 61 heavy (non-hydrogen) atoms. The fourth-order valence-corrected chi connectivity index (χ4v) is 39.0. The van der Waals surface area contributed by atoms with Gasteiger partial charge in [0.2, 0.25) is 0 Å². The van der Waals surface area contributed by atoms with Gasteiger partial charge in [-0.05, 0) is 52.0 Å². The first kappa shape index (κ1) is 48.4. The van der Waals surface area contributed by atoms with Gasteiger partial charge in [-0.3, -0.25) is 0 Å². The zero-order valence-electron chi connectivity index (χ0n) is 39.2. The van der Waals surface area contributed by atoms with Crippen molar-refractivity contribution in [3.05, 3.63) is 73.9 Å². The minimum Gasteiger partial charge on any atom is -0.149 e. The SMILES string of the molecule is CCCCc1ccc([Si]2(CC(CC)CCCC)c3cc(C)sc3-c3s[c]([Sn]([CH3])([CH3])[CH3])cc32)s1.CCCCc1ccc([Si]2(CC(CC)CCCC)c3ccsc3-c3sccc32)s1. The van der Waals surface area contributed by atoms with E-state index in [0.29, 0.717) is 0 Å². The molecule has 0 saturated carbocycles. The third-order valence-corrected chi connectivity index (χ3v) is 42.7. The van der Waals surface area contributed by atoms with Gasteiger partial charge in [0.15, 0.2) is 8.07 Å². The molecule has 330 valence electrons. The van der Waals surface area contributed by atoms with Crippen molar-refractivity contribution in [3.63, 3.8) is 0 Å². The average molecular weight is 1070 g/mol. The Hall–Kier alpha value is -0.568. The summed E-state index contributed by atoms with van der Waals surface area (Å²) in [5.41, 5.74) is 0.